The van der Waals surface area contributed by atoms with E-state index in [2.05, 4.69) is 25.3 Å². The molecule has 1 fully saturated rings. The van der Waals surface area contributed by atoms with Crippen molar-refractivity contribution in [3.05, 3.63) is 40.1 Å². The molecule has 132 valence electrons. The molecular formula is C17H22N6O2. The van der Waals surface area contributed by atoms with Crippen LogP contribution >= 0.6 is 0 Å². The van der Waals surface area contributed by atoms with Gasteiger partial charge in [0.1, 0.15) is 0 Å². The Bertz CT molecular complexity index is 810. The fourth-order valence-electron chi connectivity index (χ4n) is 3.14. The van der Waals surface area contributed by atoms with Gasteiger partial charge >= 0.3 is 0 Å². The van der Waals surface area contributed by atoms with Gasteiger partial charge < -0.3 is 15.2 Å². The summed E-state index contributed by atoms with van der Waals surface area (Å²) in [5, 5.41) is 3.39. The first-order chi connectivity index (χ1) is 11.9. The summed E-state index contributed by atoms with van der Waals surface area (Å²) in [6.07, 6.45) is 3.22. The van der Waals surface area contributed by atoms with Crippen molar-refractivity contribution in [1.82, 2.24) is 30.2 Å². The van der Waals surface area contributed by atoms with Crippen LogP contribution in [0.25, 0.3) is 11.6 Å². The Balaban J connectivity index is 1.81. The molecule has 1 saturated heterocycles. The molecule has 8 nitrogen and oxygen atoms in total. The van der Waals surface area contributed by atoms with E-state index in [4.69, 9.17) is 0 Å². The Morgan fingerprint density at radius 1 is 1.24 bits per heavy atom. The van der Waals surface area contributed by atoms with Gasteiger partial charge in [0, 0.05) is 48.8 Å². The van der Waals surface area contributed by atoms with Crippen LogP contribution in [0.3, 0.4) is 0 Å². The molecule has 0 unspecified atom stereocenters. The van der Waals surface area contributed by atoms with E-state index in [1.165, 1.54) is 0 Å². The molecule has 0 aromatic carbocycles. The highest BCUT2D eigenvalue weighted by Crippen LogP contribution is 2.11. The van der Waals surface area contributed by atoms with Gasteiger partial charge in [0.05, 0.1) is 6.42 Å². The first-order valence-electron chi connectivity index (χ1n) is 8.35. The minimum absolute atomic E-state index is 0.0452. The van der Waals surface area contributed by atoms with Gasteiger partial charge in [-0.05, 0) is 26.8 Å². The summed E-state index contributed by atoms with van der Waals surface area (Å²) in [5.41, 5.74) is 0.596. The van der Waals surface area contributed by atoms with Crippen molar-refractivity contribution in [2.24, 2.45) is 0 Å². The summed E-state index contributed by atoms with van der Waals surface area (Å²) in [5.74, 6) is 0.605. The highest BCUT2D eigenvalue weighted by atomic mass is 16.2. The van der Waals surface area contributed by atoms with Gasteiger partial charge in [-0.2, -0.15) is 0 Å². The molecule has 8 heteroatoms. The van der Waals surface area contributed by atoms with E-state index in [0.717, 1.165) is 0 Å². The van der Waals surface area contributed by atoms with Crippen LogP contribution in [-0.2, 0) is 11.2 Å². The number of carbonyl (C=O) groups excluding carboxylic acids is 1. The van der Waals surface area contributed by atoms with E-state index < -0.39 is 0 Å². The second-order valence-corrected chi connectivity index (χ2v) is 6.50. The number of rotatable bonds is 3. The van der Waals surface area contributed by atoms with Crippen LogP contribution in [-0.4, -0.2) is 55.9 Å². The predicted molar refractivity (Wildman–Crippen MR) is 93.0 cm³/mol. The van der Waals surface area contributed by atoms with Crippen LogP contribution < -0.4 is 10.9 Å². The number of amides is 1. The lowest BCUT2D eigenvalue weighted by Crippen LogP contribution is -2.56. The standard InChI is InChI=1S/C17H22N6O2/c1-10-8-23(9-11(2)20-10)14(24)7-13-12(3)21-16(22-17(13)25)15-18-5-4-6-19-15/h4-6,10-11,20H,7-9H2,1-3H3,(H,21,22,25)/t10-,11+. The third-order valence-electron chi connectivity index (χ3n) is 4.24. The molecule has 2 aromatic heterocycles. The van der Waals surface area contributed by atoms with Crippen molar-refractivity contribution >= 4 is 5.91 Å². The van der Waals surface area contributed by atoms with Crippen LogP contribution in [0.1, 0.15) is 25.1 Å². The second-order valence-electron chi connectivity index (χ2n) is 6.50. The van der Waals surface area contributed by atoms with Gasteiger partial charge in [-0.1, -0.05) is 0 Å². The summed E-state index contributed by atoms with van der Waals surface area (Å²) >= 11 is 0. The molecule has 0 bridgehead atoms. The van der Waals surface area contributed by atoms with Crippen LogP contribution in [0, 0.1) is 6.92 Å². The van der Waals surface area contributed by atoms with Crippen LogP contribution in [0.5, 0.6) is 0 Å². The lowest BCUT2D eigenvalue weighted by Gasteiger charge is -2.36. The van der Waals surface area contributed by atoms with Crippen molar-refractivity contribution in [3.8, 4) is 11.6 Å². The summed E-state index contributed by atoms with van der Waals surface area (Å²) in [4.78, 5) is 42.1. The smallest absolute Gasteiger partial charge is 0.255 e. The molecule has 2 N–H and O–H groups in total. The van der Waals surface area contributed by atoms with Crippen molar-refractivity contribution in [2.45, 2.75) is 39.3 Å². The van der Waals surface area contributed by atoms with Crippen molar-refractivity contribution in [3.63, 3.8) is 0 Å². The van der Waals surface area contributed by atoms with Gasteiger partial charge in [-0.25, -0.2) is 15.0 Å². The SMILES string of the molecule is Cc1nc(-c2ncccn2)[nH]c(=O)c1CC(=O)N1C[C@@H](C)N[C@@H](C)C1. The molecule has 1 aliphatic rings. The van der Waals surface area contributed by atoms with Crippen LogP contribution in [0.4, 0.5) is 0 Å². The summed E-state index contributed by atoms with van der Waals surface area (Å²) in [6.45, 7) is 7.11. The lowest BCUT2D eigenvalue weighted by molar-refractivity contribution is -0.132. The number of hydrogen-bond acceptors (Lipinski definition) is 6. The molecule has 1 aliphatic heterocycles. The zero-order valence-electron chi connectivity index (χ0n) is 14.6. The number of hydrogen-bond donors (Lipinski definition) is 2. The number of piperazine rings is 1. The van der Waals surface area contributed by atoms with Gasteiger partial charge in [0.2, 0.25) is 5.91 Å². The average molecular weight is 342 g/mol. The molecule has 0 aliphatic carbocycles. The molecule has 2 aromatic rings. The number of aromatic nitrogens is 4. The Hall–Kier alpha value is -2.61. The predicted octanol–water partition coefficient (Wildman–Crippen LogP) is 0.287. The molecule has 0 spiro atoms. The van der Waals surface area contributed by atoms with Gasteiger partial charge in [0.25, 0.3) is 5.56 Å². The highest BCUT2D eigenvalue weighted by molar-refractivity contribution is 5.79. The lowest BCUT2D eigenvalue weighted by atomic mass is 10.1. The first kappa shape index (κ1) is 17.2. The van der Waals surface area contributed by atoms with Gasteiger partial charge in [-0.15, -0.1) is 0 Å². The van der Waals surface area contributed by atoms with Crippen molar-refractivity contribution in [2.75, 3.05) is 13.1 Å². The van der Waals surface area contributed by atoms with Gasteiger partial charge in [0.15, 0.2) is 11.6 Å². The Morgan fingerprint density at radius 2 is 1.88 bits per heavy atom. The van der Waals surface area contributed by atoms with Gasteiger partial charge in [-0.3, -0.25) is 9.59 Å². The maximum Gasteiger partial charge on any atom is 0.255 e. The Morgan fingerprint density at radius 3 is 2.48 bits per heavy atom. The van der Waals surface area contributed by atoms with E-state index >= 15 is 0 Å². The Labute approximate surface area is 145 Å². The quantitative estimate of drug-likeness (QED) is 0.831. The van der Waals surface area contributed by atoms with E-state index in [1.807, 2.05) is 13.8 Å². The number of H-pyrrole nitrogens is 1. The highest BCUT2D eigenvalue weighted by Gasteiger charge is 2.26. The third-order valence-corrected chi connectivity index (χ3v) is 4.24. The maximum atomic E-state index is 12.6. The van der Waals surface area contributed by atoms with E-state index in [1.54, 1.807) is 30.3 Å². The molecule has 3 heterocycles. The summed E-state index contributed by atoms with van der Waals surface area (Å²) in [7, 11) is 0. The second kappa shape index (κ2) is 7.10. The fraction of sp³-hybridized carbons (Fsp3) is 0.471. The van der Waals surface area contributed by atoms with Crippen LogP contribution in [0.15, 0.2) is 23.3 Å². The zero-order chi connectivity index (χ0) is 18.0. The first-order valence-corrected chi connectivity index (χ1v) is 8.35. The molecular weight excluding hydrogens is 320 g/mol. The number of carbonyl (C=O) groups is 1. The molecule has 3 rings (SSSR count). The normalized spacial score (nSPS) is 20.5. The van der Waals surface area contributed by atoms with E-state index in [0.29, 0.717) is 36.0 Å². The molecule has 25 heavy (non-hydrogen) atoms. The third kappa shape index (κ3) is 3.90. The van der Waals surface area contributed by atoms with Crippen LogP contribution in [0.2, 0.25) is 0 Å². The zero-order valence-corrected chi connectivity index (χ0v) is 14.6. The number of nitrogens with one attached hydrogen (secondary N) is 2. The number of aromatic amines is 1. The van der Waals surface area contributed by atoms with E-state index in [-0.39, 0.29) is 30.0 Å². The van der Waals surface area contributed by atoms with Crippen molar-refractivity contribution in [1.29, 1.82) is 0 Å². The number of aryl methyl sites for hydroxylation is 1. The fourth-order valence-corrected chi connectivity index (χ4v) is 3.14. The Kier molecular flexibility index (Phi) is 4.89. The molecule has 0 saturated carbocycles. The van der Waals surface area contributed by atoms with Crippen molar-refractivity contribution < 1.29 is 4.79 Å². The minimum atomic E-state index is -0.320. The minimum Gasteiger partial charge on any atom is -0.339 e. The molecule has 0 radical (unpaired) electrons. The average Bonchev–Trinajstić information content (AvgIpc) is 2.57. The topological polar surface area (TPSA) is 104 Å². The molecule has 2 atom stereocenters. The summed E-state index contributed by atoms with van der Waals surface area (Å²) in [6, 6.07) is 2.17. The maximum absolute atomic E-state index is 12.6. The van der Waals surface area contributed by atoms with E-state index in [9.17, 15) is 9.59 Å². The largest absolute Gasteiger partial charge is 0.339 e. The molecule has 1 amide bonds. The monoisotopic (exact) mass is 342 g/mol. The summed E-state index contributed by atoms with van der Waals surface area (Å²) < 4.78 is 0. The number of nitrogens with zero attached hydrogens (tertiary/aromatic N) is 4.